The molecule has 3 rings (SSSR count). The van der Waals surface area contributed by atoms with E-state index in [0.717, 1.165) is 5.39 Å². The van der Waals surface area contributed by atoms with Crippen LogP contribution in [0.4, 0.5) is 0 Å². The first-order valence-corrected chi connectivity index (χ1v) is 6.65. The maximum absolute atomic E-state index is 10.7. The van der Waals surface area contributed by atoms with Gasteiger partial charge in [0.2, 0.25) is 0 Å². The van der Waals surface area contributed by atoms with Gasteiger partial charge in [0.15, 0.2) is 0 Å². The molecule has 116 valence electrons. The van der Waals surface area contributed by atoms with Gasteiger partial charge in [-0.15, -0.1) is 0 Å². The number of benzene rings is 2. The summed E-state index contributed by atoms with van der Waals surface area (Å²) in [5, 5.41) is 19.8. The van der Waals surface area contributed by atoms with Crippen molar-refractivity contribution in [3.05, 3.63) is 72.1 Å². The first-order chi connectivity index (χ1) is 11.0. The Morgan fingerprint density at radius 3 is 2.22 bits per heavy atom. The van der Waals surface area contributed by atoms with Crippen LogP contribution >= 0.6 is 0 Å². The van der Waals surface area contributed by atoms with Gasteiger partial charge >= 0.3 is 5.97 Å². The number of phenols is 1. The summed E-state index contributed by atoms with van der Waals surface area (Å²) in [5.41, 5.74) is 5.15. The molecule has 6 nitrogen and oxygen atoms in total. The highest BCUT2D eigenvalue weighted by atomic mass is 16.4. The van der Waals surface area contributed by atoms with Gasteiger partial charge in [-0.25, -0.2) is 4.79 Å². The minimum atomic E-state index is -1.12. The van der Waals surface area contributed by atoms with E-state index >= 15 is 0 Å². The lowest BCUT2D eigenvalue weighted by molar-refractivity contribution is 0.0693. The summed E-state index contributed by atoms with van der Waals surface area (Å²) >= 11 is 0. The minimum Gasteiger partial charge on any atom is -0.506 e. The average Bonchev–Trinajstić information content (AvgIpc) is 2.56. The summed E-state index contributed by atoms with van der Waals surface area (Å²) in [4.78, 5) is 24.8. The van der Waals surface area contributed by atoms with Crippen LogP contribution in [0.15, 0.2) is 60.8 Å². The van der Waals surface area contributed by atoms with Crippen molar-refractivity contribution in [1.82, 2.24) is 4.98 Å². The number of amides is 1. The fraction of sp³-hybridized carbons (Fsp3) is 0. The summed E-state index contributed by atoms with van der Waals surface area (Å²) in [7, 11) is 0. The maximum atomic E-state index is 10.7. The molecule has 0 atom stereocenters. The predicted octanol–water partition coefficient (Wildman–Crippen LogP) is 2.42. The number of pyridine rings is 1. The van der Waals surface area contributed by atoms with Gasteiger partial charge in [-0.2, -0.15) is 0 Å². The van der Waals surface area contributed by atoms with E-state index in [-0.39, 0.29) is 11.3 Å². The maximum Gasteiger partial charge on any atom is 0.339 e. The molecule has 0 unspecified atom stereocenters. The smallest absolute Gasteiger partial charge is 0.339 e. The molecule has 0 bridgehead atoms. The van der Waals surface area contributed by atoms with Crippen LogP contribution in [0, 0.1) is 0 Å². The number of hydrogen-bond donors (Lipinski definition) is 3. The van der Waals surface area contributed by atoms with Crippen molar-refractivity contribution < 1.29 is 19.8 Å². The Balaban J connectivity index is 0.000000185. The zero-order valence-electron chi connectivity index (χ0n) is 12.0. The Morgan fingerprint density at radius 1 is 0.957 bits per heavy atom. The van der Waals surface area contributed by atoms with Crippen molar-refractivity contribution in [2.75, 3.05) is 0 Å². The number of aromatic hydroxyl groups is 1. The molecule has 1 amide bonds. The third kappa shape index (κ3) is 3.82. The van der Waals surface area contributed by atoms with Crippen LogP contribution in [0.2, 0.25) is 0 Å². The fourth-order valence-corrected chi connectivity index (χ4v) is 1.94. The number of primary amides is 1. The predicted molar refractivity (Wildman–Crippen MR) is 85.3 cm³/mol. The Kier molecular flexibility index (Phi) is 4.89. The van der Waals surface area contributed by atoms with Gasteiger partial charge in [-0.05, 0) is 23.6 Å². The van der Waals surface area contributed by atoms with Crippen LogP contribution in [0.5, 0.6) is 5.75 Å². The van der Waals surface area contributed by atoms with Crippen LogP contribution in [0.3, 0.4) is 0 Å². The number of nitrogens with zero attached hydrogens (tertiary/aromatic N) is 1. The molecular formula is C17H14N2O4. The Labute approximate surface area is 131 Å². The number of hydrogen-bond acceptors (Lipinski definition) is 4. The molecule has 1 aromatic heterocycles. The number of carboxylic acid groups (broad SMARTS) is 1. The topological polar surface area (TPSA) is 114 Å². The van der Waals surface area contributed by atoms with Crippen molar-refractivity contribution in [2.24, 2.45) is 5.73 Å². The summed E-state index contributed by atoms with van der Waals surface area (Å²) < 4.78 is 0. The van der Waals surface area contributed by atoms with Gasteiger partial charge < -0.3 is 15.9 Å². The molecule has 0 radical (unpaired) electrons. The SMILES string of the molecule is NC(=O)c1ccccn1.O=C(O)c1ccc2ccccc2c1O. The van der Waals surface area contributed by atoms with E-state index in [1.807, 2.05) is 12.1 Å². The number of rotatable bonds is 2. The molecule has 23 heavy (non-hydrogen) atoms. The van der Waals surface area contributed by atoms with E-state index in [1.54, 1.807) is 36.4 Å². The Bertz CT molecular complexity index is 848. The number of carbonyl (C=O) groups is 2. The summed E-state index contributed by atoms with van der Waals surface area (Å²) in [5.74, 6) is -1.78. The number of fused-ring (bicyclic) bond motifs is 1. The first-order valence-electron chi connectivity index (χ1n) is 6.65. The van der Waals surface area contributed by atoms with Crippen LogP contribution in [0.1, 0.15) is 20.8 Å². The molecule has 0 aliphatic heterocycles. The molecule has 4 N–H and O–H groups in total. The molecule has 3 aromatic rings. The van der Waals surface area contributed by atoms with Crippen molar-refractivity contribution in [2.45, 2.75) is 0 Å². The van der Waals surface area contributed by atoms with Gasteiger partial charge in [-0.3, -0.25) is 9.78 Å². The molecular weight excluding hydrogens is 296 g/mol. The van der Waals surface area contributed by atoms with Gasteiger partial charge in [-0.1, -0.05) is 36.4 Å². The van der Waals surface area contributed by atoms with E-state index < -0.39 is 11.9 Å². The third-order valence-corrected chi connectivity index (χ3v) is 3.05. The second-order valence-electron chi connectivity index (χ2n) is 4.57. The molecule has 0 fully saturated rings. The number of aromatic carboxylic acids is 1. The van der Waals surface area contributed by atoms with Crippen LogP contribution in [-0.2, 0) is 0 Å². The second kappa shape index (κ2) is 7.04. The molecule has 0 saturated heterocycles. The van der Waals surface area contributed by atoms with E-state index in [2.05, 4.69) is 4.98 Å². The normalized spacial score (nSPS) is 9.74. The van der Waals surface area contributed by atoms with Crippen LogP contribution in [-0.4, -0.2) is 27.1 Å². The van der Waals surface area contributed by atoms with Crippen molar-refractivity contribution in [1.29, 1.82) is 0 Å². The largest absolute Gasteiger partial charge is 0.506 e. The molecule has 0 aliphatic carbocycles. The van der Waals surface area contributed by atoms with Crippen molar-refractivity contribution in [3.8, 4) is 5.75 Å². The van der Waals surface area contributed by atoms with E-state index in [0.29, 0.717) is 11.1 Å². The zero-order valence-corrected chi connectivity index (χ0v) is 12.0. The van der Waals surface area contributed by atoms with E-state index in [1.165, 1.54) is 12.3 Å². The second-order valence-corrected chi connectivity index (χ2v) is 4.57. The number of aromatic nitrogens is 1. The van der Waals surface area contributed by atoms with E-state index in [4.69, 9.17) is 10.8 Å². The van der Waals surface area contributed by atoms with Crippen LogP contribution < -0.4 is 5.73 Å². The Morgan fingerprint density at radius 2 is 1.65 bits per heavy atom. The minimum absolute atomic E-state index is 0.0660. The first kappa shape index (κ1) is 16.0. The highest BCUT2D eigenvalue weighted by Gasteiger charge is 2.11. The fourth-order valence-electron chi connectivity index (χ4n) is 1.94. The molecule has 6 heteroatoms. The molecule has 2 aromatic carbocycles. The van der Waals surface area contributed by atoms with Gasteiger partial charge in [0, 0.05) is 11.6 Å². The molecule has 1 heterocycles. The summed E-state index contributed by atoms with van der Waals surface area (Å²) in [6, 6.07) is 15.2. The zero-order chi connectivity index (χ0) is 16.8. The highest BCUT2D eigenvalue weighted by Crippen LogP contribution is 2.28. The van der Waals surface area contributed by atoms with Crippen molar-refractivity contribution in [3.63, 3.8) is 0 Å². The average molecular weight is 310 g/mol. The standard InChI is InChI=1S/C11H8O3.C6H6N2O/c12-10-8-4-2-1-3-7(8)5-6-9(10)11(13)14;7-6(9)5-3-1-2-4-8-5/h1-6,12H,(H,13,14);1-4H,(H2,7,9). The van der Waals surface area contributed by atoms with E-state index in [9.17, 15) is 14.7 Å². The molecule has 0 aliphatic rings. The van der Waals surface area contributed by atoms with Gasteiger partial charge in [0.25, 0.3) is 5.91 Å². The monoisotopic (exact) mass is 310 g/mol. The number of carbonyl (C=O) groups excluding carboxylic acids is 1. The highest BCUT2D eigenvalue weighted by molar-refractivity contribution is 6.00. The van der Waals surface area contributed by atoms with Crippen molar-refractivity contribution >= 4 is 22.6 Å². The summed E-state index contributed by atoms with van der Waals surface area (Å²) in [6.45, 7) is 0. The quantitative estimate of drug-likeness (QED) is 0.672. The van der Waals surface area contributed by atoms with Crippen LogP contribution in [0.25, 0.3) is 10.8 Å². The molecule has 0 saturated carbocycles. The Hall–Kier alpha value is -3.41. The number of nitrogens with two attached hydrogens (primary N) is 1. The lowest BCUT2D eigenvalue weighted by Crippen LogP contribution is -2.12. The van der Waals surface area contributed by atoms with Gasteiger partial charge in [0.1, 0.15) is 17.0 Å². The lowest BCUT2D eigenvalue weighted by atomic mass is 10.1. The van der Waals surface area contributed by atoms with Gasteiger partial charge in [0.05, 0.1) is 0 Å². The lowest BCUT2D eigenvalue weighted by Gasteiger charge is -2.03. The number of carboxylic acids is 1. The molecule has 0 spiro atoms. The summed E-state index contributed by atoms with van der Waals surface area (Å²) in [6.07, 6.45) is 1.53. The third-order valence-electron chi connectivity index (χ3n) is 3.05.